The fraction of sp³-hybridized carbons (Fsp3) is 0.667. The average Bonchev–Trinajstić information content (AvgIpc) is 2.80. The monoisotopic (exact) mass is 572 g/mol. The third-order valence-corrected chi connectivity index (χ3v) is 6.28. The summed E-state index contributed by atoms with van der Waals surface area (Å²) in [5.41, 5.74) is 2.77. The van der Waals surface area contributed by atoms with Gasteiger partial charge in [-0.1, -0.05) is 24.3 Å². The fourth-order valence-corrected chi connectivity index (χ4v) is 4.06. The van der Waals surface area contributed by atoms with Gasteiger partial charge in [0, 0.05) is 66.0 Å². The number of benzene rings is 1. The Kier molecular flexibility index (Phi) is 12.4. The Bertz CT molecular complexity index is 746. The maximum Gasteiger partial charge on any atom is 0.243 e. The molecule has 3 rings (SSSR count). The number of hydrogen-bond donors (Lipinski definition) is 2. The molecule has 0 atom stereocenters. The summed E-state index contributed by atoms with van der Waals surface area (Å²) in [7, 11) is 3.53. The summed E-state index contributed by atoms with van der Waals surface area (Å²) in [6.07, 6.45) is 2.13. The minimum atomic E-state index is 0. The van der Waals surface area contributed by atoms with Crippen molar-refractivity contribution in [3.63, 3.8) is 0 Å². The van der Waals surface area contributed by atoms with Crippen LogP contribution in [0, 0.1) is 6.92 Å². The van der Waals surface area contributed by atoms with Gasteiger partial charge in [0.1, 0.15) is 6.54 Å². The van der Waals surface area contributed by atoms with Crippen molar-refractivity contribution in [2.45, 2.75) is 32.4 Å². The first-order valence-electron chi connectivity index (χ1n) is 11.8. The number of rotatable bonds is 8. The minimum absolute atomic E-state index is 0. The summed E-state index contributed by atoms with van der Waals surface area (Å²) in [5.74, 6) is 0.748. The lowest BCUT2D eigenvalue weighted by molar-refractivity contribution is -0.127. The standard InChI is InChI=1S/C24H40N6O2.HI/c1-20-6-4-5-7-21(20)19-30-11-8-22(9-12-30)27-24(26-18-23(31)28(2)3)25-10-13-29-14-16-32-17-15-29;/h4-7,22H,8-19H2,1-3H3,(H2,25,26,27);1H. The lowest BCUT2D eigenvalue weighted by Gasteiger charge is -2.33. The molecule has 0 bridgehead atoms. The number of morpholine rings is 1. The van der Waals surface area contributed by atoms with E-state index in [2.05, 4.69) is 56.6 Å². The van der Waals surface area contributed by atoms with E-state index >= 15 is 0 Å². The van der Waals surface area contributed by atoms with Crippen molar-refractivity contribution < 1.29 is 9.53 Å². The zero-order valence-electron chi connectivity index (χ0n) is 20.4. The Morgan fingerprint density at radius 3 is 2.48 bits per heavy atom. The Balaban J connectivity index is 0.00000385. The summed E-state index contributed by atoms with van der Waals surface area (Å²) in [4.78, 5) is 23.1. The van der Waals surface area contributed by atoms with Gasteiger partial charge in [0.25, 0.3) is 0 Å². The number of likely N-dealkylation sites (N-methyl/N-ethyl adjacent to an activating group) is 1. The second-order valence-corrected chi connectivity index (χ2v) is 8.96. The molecule has 2 N–H and O–H groups in total. The van der Waals surface area contributed by atoms with Gasteiger partial charge in [0.2, 0.25) is 5.91 Å². The largest absolute Gasteiger partial charge is 0.379 e. The van der Waals surface area contributed by atoms with Gasteiger partial charge < -0.3 is 20.3 Å². The van der Waals surface area contributed by atoms with E-state index in [1.165, 1.54) is 11.1 Å². The van der Waals surface area contributed by atoms with Gasteiger partial charge >= 0.3 is 0 Å². The highest BCUT2D eigenvalue weighted by atomic mass is 127. The zero-order valence-corrected chi connectivity index (χ0v) is 22.7. The molecule has 186 valence electrons. The van der Waals surface area contributed by atoms with Gasteiger partial charge in [-0.25, -0.2) is 4.99 Å². The van der Waals surface area contributed by atoms with E-state index in [1.807, 2.05) is 0 Å². The maximum atomic E-state index is 12.0. The van der Waals surface area contributed by atoms with Crippen LogP contribution in [-0.2, 0) is 16.1 Å². The van der Waals surface area contributed by atoms with Crippen LogP contribution in [0.15, 0.2) is 29.3 Å². The average molecular weight is 573 g/mol. The molecule has 2 heterocycles. The van der Waals surface area contributed by atoms with Crippen molar-refractivity contribution in [3.8, 4) is 0 Å². The van der Waals surface area contributed by atoms with Crippen molar-refractivity contribution in [1.82, 2.24) is 25.3 Å². The number of amides is 1. The van der Waals surface area contributed by atoms with Crippen LogP contribution in [0.4, 0.5) is 0 Å². The van der Waals surface area contributed by atoms with Crippen LogP contribution in [0.5, 0.6) is 0 Å². The number of nitrogens with one attached hydrogen (secondary N) is 2. The SMILES string of the molecule is Cc1ccccc1CN1CCC(NC(=NCC(=O)N(C)C)NCCN2CCOCC2)CC1.I. The summed E-state index contributed by atoms with van der Waals surface area (Å²) >= 11 is 0. The number of nitrogens with zero attached hydrogens (tertiary/aromatic N) is 4. The second kappa shape index (κ2) is 14.7. The molecule has 8 nitrogen and oxygen atoms in total. The third kappa shape index (κ3) is 9.76. The number of carbonyl (C=O) groups excluding carboxylic acids is 1. The molecule has 2 aliphatic rings. The molecule has 2 saturated heterocycles. The Morgan fingerprint density at radius 1 is 1.12 bits per heavy atom. The highest BCUT2D eigenvalue weighted by Crippen LogP contribution is 2.16. The van der Waals surface area contributed by atoms with Crippen LogP contribution in [0.2, 0.25) is 0 Å². The number of piperidine rings is 1. The van der Waals surface area contributed by atoms with E-state index in [1.54, 1.807) is 19.0 Å². The Morgan fingerprint density at radius 2 is 1.82 bits per heavy atom. The van der Waals surface area contributed by atoms with E-state index in [9.17, 15) is 4.79 Å². The van der Waals surface area contributed by atoms with Crippen LogP contribution >= 0.6 is 24.0 Å². The first-order valence-corrected chi connectivity index (χ1v) is 11.8. The van der Waals surface area contributed by atoms with Gasteiger partial charge in [0.15, 0.2) is 5.96 Å². The zero-order chi connectivity index (χ0) is 22.8. The van der Waals surface area contributed by atoms with Crippen molar-refractivity contribution >= 4 is 35.8 Å². The number of likely N-dealkylation sites (tertiary alicyclic amines) is 1. The molecule has 0 saturated carbocycles. The molecule has 0 radical (unpaired) electrons. The molecule has 1 aromatic rings. The molecule has 1 aromatic carbocycles. The molecule has 0 aromatic heterocycles. The number of guanidine groups is 1. The molecular formula is C24H41IN6O2. The number of hydrogen-bond acceptors (Lipinski definition) is 5. The van der Waals surface area contributed by atoms with E-state index in [4.69, 9.17) is 4.74 Å². The van der Waals surface area contributed by atoms with Crippen molar-refractivity contribution in [3.05, 3.63) is 35.4 Å². The summed E-state index contributed by atoms with van der Waals surface area (Å²) in [6.45, 7) is 10.8. The summed E-state index contributed by atoms with van der Waals surface area (Å²) < 4.78 is 5.42. The van der Waals surface area contributed by atoms with Crippen molar-refractivity contribution in [2.24, 2.45) is 4.99 Å². The summed E-state index contributed by atoms with van der Waals surface area (Å²) in [5, 5.41) is 7.02. The Hall–Kier alpha value is -1.43. The van der Waals surface area contributed by atoms with Gasteiger partial charge in [-0.2, -0.15) is 0 Å². The lowest BCUT2D eigenvalue weighted by atomic mass is 10.0. The topological polar surface area (TPSA) is 72.4 Å². The first-order chi connectivity index (χ1) is 15.5. The first kappa shape index (κ1) is 27.8. The number of aliphatic imine (C=N–C) groups is 1. The van der Waals surface area contributed by atoms with Gasteiger partial charge in [-0.3, -0.25) is 14.6 Å². The van der Waals surface area contributed by atoms with E-state index in [0.29, 0.717) is 6.04 Å². The number of ether oxygens (including phenoxy) is 1. The molecule has 33 heavy (non-hydrogen) atoms. The van der Waals surface area contributed by atoms with Crippen molar-refractivity contribution in [2.75, 3.05) is 73.1 Å². The maximum absolute atomic E-state index is 12.0. The second-order valence-electron chi connectivity index (χ2n) is 8.96. The number of aryl methyl sites for hydroxylation is 1. The van der Waals surface area contributed by atoms with E-state index < -0.39 is 0 Å². The molecular weight excluding hydrogens is 531 g/mol. The molecule has 0 spiro atoms. The van der Waals surface area contributed by atoms with Gasteiger partial charge in [-0.15, -0.1) is 24.0 Å². The van der Waals surface area contributed by atoms with E-state index in [0.717, 1.165) is 77.8 Å². The lowest BCUT2D eigenvalue weighted by Crippen LogP contribution is -2.50. The molecule has 1 amide bonds. The van der Waals surface area contributed by atoms with Crippen LogP contribution in [0.1, 0.15) is 24.0 Å². The molecule has 9 heteroatoms. The predicted molar refractivity (Wildman–Crippen MR) is 144 cm³/mol. The van der Waals surface area contributed by atoms with E-state index in [-0.39, 0.29) is 36.4 Å². The fourth-order valence-electron chi connectivity index (χ4n) is 4.06. The molecule has 2 fully saturated rings. The Labute approximate surface area is 216 Å². The molecule has 0 unspecified atom stereocenters. The predicted octanol–water partition coefficient (Wildman–Crippen LogP) is 1.53. The minimum Gasteiger partial charge on any atom is -0.379 e. The highest BCUT2D eigenvalue weighted by molar-refractivity contribution is 14.0. The summed E-state index contributed by atoms with van der Waals surface area (Å²) in [6, 6.07) is 9.00. The van der Waals surface area contributed by atoms with Gasteiger partial charge in [-0.05, 0) is 30.9 Å². The number of carbonyl (C=O) groups is 1. The quantitative estimate of drug-likeness (QED) is 0.280. The normalized spacial score (nSPS) is 18.5. The van der Waals surface area contributed by atoms with Crippen LogP contribution in [0.3, 0.4) is 0 Å². The molecule has 0 aliphatic carbocycles. The van der Waals surface area contributed by atoms with Gasteiger partial charge in [0.05, 0.1) is 13.2 Å². The third-order valence-electron chi connectivity index (χ3n) is 6.28. The smallest absolute Gasteiger partial charge is 0.243 e. The highest BCUT2D eigenvalue weighted by Gasteiger charge is 2.21. The van der Waals surface area contributed by atoms with Crippen LogP contribution in [-0.4, -0.2) is 106 Å². The van der Waals surface area contributed by atoms with Crippen LogP contribution in [0.25, 0.3) is 0 Å². The van der Waals surface area contributed by atoms with Crippen LogP contribution < -0.4 is 10.6 Å². The molecule has 2 aliphatic heterocycles. The van der Waals surface area contributed by atoms with Crippen molar-refractivity contribution in [1.29, 1.82) is 0 Å². The number of halogens is 1.